The maximum absolute atomic E-state index is 5.80. The third-order valence-corrected chi connectivity index (χ3v) is 3.20. The summed E-state index contributed by atoms with van der Waals surface area (Å²) in [4.78, 5) is 0. The molecule has 0 aliphatic carbocycles. The quantitative estimate of drug-likeness (QED) is 0.782. The predicted molar refractivity (Wildman–Crippen MR) is 65.1 cm³/mol. The zero-order valence-corrected chi connectivity index (χ0v) is 9.56. The summed E-state index contributed by atoms with van der Waals surface area (Å²) in [7, 11) is 0. The first-order valence-electron chi connectivity index (χ1n) is 5.95. The maximum Gasteiger partial charge on any atom is 0.0510 e. The number of nitrogens with two attached hydrogens (primary N) is 1. The Kier molecular flexibility index (Phi) is 4.34. The molecule has 16 heavy (non-hydrogen) atoms. The van der Waals surface area contributed by atoms with E-state index in [0.29, 0.717) is 18.5 Å². The first kappa shape index (κ1) is 11.6. The van der Waals surface area contributed by atoms with E-state index in [1.54, 1.807) is 0 Å². The van der Waals surface area contributed by atoms with Gasteiger partial charge >= 0.3 is 0 Å². The molecular weight excluding hydrogens is 200 g/mol. The molecule has 1 fully saturated rings. The molecule has 2 atom stereocenters. The molecule has 1 aromatic rings. The number of benzene rings is 1. The Morgan fingerprint density at radius 1 is 1.38 bits per heavy atom. The van der Waals surface area contributed by atoms with Crippen LogP contribution in [0, 0.1) is 5.92 Å². The highest BCUT2D eigenvalue weighted by Crippen LogP contribution is 2.16. The number of rotatable bonds is 5. The Balaban J connectivity index is 1.83. The second-order valence-corrected chi connectivity index (χ2v) is 4.33. The number of hydrogen-bond donors (Lipinski definition) is 2. The highest BCUT2D eigenvalue weighted by Gasteiger charge is 2.23. The smallest absolute Gasteiger partial charge is 0.0510 e. The van der Waals surface area contributed by atoms with E-state index < -0.39 is 0 Å². The van der Waals surface area contributed by atoms with E-state index in [9.17, 15) is 0 Å². The third kappa shape index (κ3) is 3.04. The molecule has 3 N–H and O–H groups in total. The molecule has 1 aromatic carbocycles. The normalized spacial score (nSPS) is 22.2. The van der Waals surface area contributed by atoms with Crippen LogP contribution in [0.4, 0.5) is 0 Å². The lowest BCUT2D eigenvalue weighted by Crippen LogP contribution is -2.42. The van der Waals surface area contributed by atoms with E-state index in [1.165, 1.54) is 5.56 Å². The summed E-state index contributed by atoms with van der Waals surface area (Å²) in [5.41, 5.74) is 7.10. The molecule has 1 saturated heterocycles. The van der Waals surface area contributed by atoms with Gasteiger partial charge in [0.05, 0.1) is 6.61 Å². The predicted octanol–water partition coefficient (Wildman–Crippen LogP) is 1.14. The minimum atomic E-state index is 0.378. The van der Waals surface area contributed by atoms with Crippen LogP contribution in [0.2, 0.25) is 0 Å². The maximum atomic E-state index is 5.80. The van der Waals surface area contributed by atoms with Gasteiger partial charge < -0.3 is 15.8 Å². The molecular formula is C13H20N2O. The fourth-order valence-corrected chi connectivity index (χ4v) is 2.16. The zero-order chi connectivity index (χ0) is 11.2. The van der Waals surface area contributed by atoms with Gasteiger partial charge in [-0.25, -0.2) is 0 Å². The largest absolute Gasteiger partial charge is 0.381 e. The van der Waals surface area contributed by atoms with Crippen LogP contribution in [0.1, 0.15) is 12.0 Å². The standard InChI is InChI=1S/C13H20N2O/c14-8-13(12-6-7-16-10-12)15-9-11-4-2-1-3-5-11/h1-5,12-13,15H,6-10,14H2. The molecule has 0 radical (unpaired) electrons. The van der Waals surface area contributed by atoms with Gasteiger partial charge in [0.1, 0.15) is 0 Å². The van der Waals surface area contributed by atoms with Crippen LogP contribution < -0.4 is 11.1 Å². The van der Waals surface area contributed by atoms with Crippen LogP contribution in [0.5, 0.6) is 0 Å². The van der Waals surface area contributed by atoms with Crippen LogP contribution in [-0.2, 0) is 11.3 Å². The molecule has 0 bridgehead atoms. The highest BCUT2D eigenvalue weighted by molar-refractivity contribution is 5.14. The van der Waals surface area contributed by atoms with Gasteiger partial charge in [-0.15, -0.1) is 0 Å². The molecule has 0 saturated carbocycles. The van der Waals surface area contributed by atoms with Gasteiger partial charge in [-0.05, 0) is 12.0 Å². The summed E-state index contributed by atoms with van der Waals surface area (Å²) in [5.74, 6) is 0.578. The van der Waals surface area contributed by atoms with Gasteiger partial charge in [-0.2, -0.15) is 0 Å². The van der Waals surface area contributed by atoms with Gasteiger partial charge in [0.15, 0.2) is 0 Å². The van der Waals surface area contributed by atoms with Gasteiger partial charge in [-0.3, -0.25) is 0 Å². The van der Waals surface area contributed by atoms with Gasteiger partial charge in [0.25, 0.3) is 0 Å². The molecule has 0 spiro atoms. The average Bonchev–Trinajstić information content (AvgIpc) is 2.85. The van der Waals surface area contributed by atoms with E-state index >= 15 is 0 Å². The fraction of sp³-hybridized carbons (Fsp3) is 0.538. The molecule has 88 valence electrons. The van der Waals surface area contributed by atoms with Crippen LogP contribution in [0.25, 0.3) is 0 Å². The number of ether oxygens (including phenoxy) is 1. The number of nitrogens with one attached hydrogen (secondary N) is 1. The second kappa shape index (κ2) is 5.99. The lowest BCUT2D eigenvalue weighted by molar-refractivity contribution is 0.177. The van der Waals surface area contributed by atoms with Gasteiger partial charge in [0, 0.05) is 31.7 Å². The fourth-order valence-electron chi connectivity index (χ4n) is 2.16. The van der Waals surface area contributed by atoms with Gasteiger partial charge in [0.2, 0.25) is 0 Å². The minimum Gasteiger partial charge on any atom is -0.381 e. The van der Waals surface area contributed by atoms with Crippen molar-refractivity contribution in [3.8, 4) is 0 Å². The van der Waals surface area contributed by atoms with Crippen molar-refractivity contribution in [3.05, 3.63) is 35.9 Å². The van der Waals surface area contributed by atoms with E-state index in [0.717, 1.165) is 26.2 Å². The van der Waals surface area contributed by atoms with E-state index in [1.807, 2.05) is 6.07 Å². The van der Waals surface area contributed by atoms with Crippen molar-refractivity contribution < 1.29 is 4.74 Å². The molecule has 1 heterocycles. The molecule has 1 aliphatic heterocycles. The minimum absolute atomic E-state index is 0.378. The Labute approximate surface area is 97.0 Å². The first-order valence-corrected chi connectivity index (χ1v) is 5.95. The molecule has 2 rings (SSSR count). The molecule has 0 amide bonds. The van der Waals surface area contributed by atoms with Gasteiger partial charge in [-0.1, -0.05) is 30.3 Å². The molecule has 2 unspecified atom stereocenters. The summed E-state index contributed by atoms with van der Waals surface area (Å²) in [6.45, 7) is 3.30. The lowest BCUT2D eigenvalue weighted by Gasteiger charge is -2.22. The second-order valence-electron chi connectivity index (χ2n) is 4.33. The first-order chi connectivity index (χ1) is 7.90. The topological polar surface area (TPSA) is 47.3 Å². The van der Waals surface area contributed by atoms with Crippen molar-refractivity contribution in [1.82, 2.24) is 5.32 Å². The van der Waals surface area contributed by atoms with Crippen molar-refractivity contribution in [2.24, 2.45) is 11.7 Å². The van der Waals surface area contributed by atoms with Crippen LogP contribution in [0.15, 0.2) is 30.3 Å². The molecule has 1 aliphatic rings. The molecule has 0 aromatic heterocycles. The average molecular weight is 220 g/mol. The molecule has 3 nitrogen and oxygen atoms in total. The Morgan fingerprint density at radius 3 is 2.81 bits per heavy atom. The Bertz CT molecular complexity index is 296. The van der Waals surface area contributed by atoms with E-state index in [-0.39, 0.29) is 0 Å². The SMILES string of the molecule is NCC(NCc1ccccc1)C1CCOC1. The summed E-state index contributed by atoms with van der Waals surface area (Å²) < 4.78 is 5.40. The van der Waals surface area contributed by atoms with Crippen LogP contribution in [0.3, 0.4) is 0 Å². The monoisotopic (exact) mass is 220 g/mol. The Morgan fingerprint density at radius 2 is 2.19 bits per heavy atom. The van der Waals surface area contributed by atoms with Crippen molar-refractivity contribution >= 4 is 0 Å². The summed E-state index contributed by atoms with van der Waals surface area (Å²) >= 11 is 0. The molecule has 3 heteroatoms. The number of hydrogen-bond acceptors (Lipinski definition) is 3. The zero-order valence-electron chi connectivity index (χ0n) is 9.56. The van der Waals surface area contributed by atoms with Crippen LogP contribution in [-0.4, -0.2) is 25.8 Å². The van der Waals surface area contributed by atoms with E-state index in [4.69, 9.17) is 10.5 Å². The lowest BCUT2D eigenvalue weighted by atomic mass is 9.99. The summed E-state index contributed by atoms with van der Waals surface area (Å²) in [6.07, 6.45) is 1.13. The van der Waals surface area contributed by atoms with Crippen LogP contribution >= 0.6 is 0 Å². The Hall–Kier alpha value is -0.900. The van der Waals surface area contributed by atoms with Crippen molar-refractivity contribution in [1.29, 1.82) is 0 Å². The highest BCUT2D eigenvalue weighted by atomic mass is 16.5. The summed E-state index contributed by atoms with van der Waals surface area (Å²) in [6, 6.07) is 10.8. The third-order valence-electron chi connectivity index (χ3n) is 3.20. The van der Waals surface area contributed by atoms with E-state index in [2.05, 4.69) is 29.6 Å². The van der Waals surface area contributed by atoms with Crippen molar-refractivity contribution in [2.75, 3.05) is 19.8 Å². The van der Waals surface area contributed by atoms with Crippen molar-refractivity contribution in [2.45, 2.75) is 19.0 Å². The summed E-state index contributed by atoms with van der Waals surface area (Å²) in [5, 5.41) is 3.52. The van der Waals surface area contributed by atoms with Crippen molar-refractivity contribution in [3.63, 3.8) is 0 Å².